The molecule has 0 bridgehead atoms. The molecule has 0 aliphatic heterocycles. The van der Waals surface area contributed by atoms with Crippen LogP contribution in [0.1, 0.15) is 32.6 Å². The Morgan fingerprint density at radius 3 is 2.83 bits per heavy atom. The summed E-state index contributed by atoms with van der Waals surface area (Å²) < 4.78 is 5.07. The molecule has 2 atom stereocenters. The minimum atomic E-state index is 0.141. The Balaban J connectivity index is 2.46. The molecule has 1 saturated carbocycles. The van der Waals surface area contributed by atoms with Crippen molar-refractivity contribution in [3.05, 3.63) is 0 Å². The molecule has 4 heteroatoms. The van der Waals surface area contributed by atoms with Crippen LogP contribution in [-0.2, 0) is 9.53 Å². The van der Waals surface area contributed by atoms with Crippen molar-refractivity contribution in [1.29, 1.82) is 0 Å². The van der Waals surface area contributed by atoms with Gasteiger partial charge in [0, 0.05) is 39.1 Å². The van der Waals surface area contributed by atoms with Crippen molar-refractivity contribution >= 4 is 5.78 Å². The highest BCUT2D eigenvalue weighted by Crippen LogP contribution is 2.29. The normalized spacial score (nSPS) is 24.8. The molecule has 1 rings (SSSR count). The Labute approximate surface area is 110 Å². The lowest BCUT2D eigenvalue weighted by Gasteiger charge is -2.31. The van der Waals surface area contributed by atoms with Crippen molar-refractivity contribution in [1.82, 2.24) is 4.90 Å². The largest absolute Gasteiger partial charge is 0.395 e. The van der Waals surface area contributed by atoms with Crippen LogP contribution >= 0.6 is 0 Å². The molecule has 0 saturated heterocycles. The van der Waals surface area contributed by atoms with Crippen LogP contribution < -0.4 is 0 Å². The number of methoxy groups -OCH3 is 1. The second-order valence-corrected chi connectivity index (χ2v) is 5.23. The van der Waals surface area contributed by atoms with Gasteiger partial charge in [0.15, 0.2) is 0 Å². The topological polar surface area (TPSA) is 49.8 Å². The summed E-state index contributed by atoms with van der Waals surface area (Å²) in [5.41, 5.74) is 0. The van der Waals surface area contributed by atoms with E-state index in [2.05, 4.69) is 11.8 Å². The maximum atomic E-state index is 11.9. The maximum Gasteiger partial charge on any atom is 0.137 e. The van der Waals surface area contributed by atoms with Crippen LogP contribution in [0.4, 0.5) is 0 Å². The fourth-order valence-corrected chi connectivity index (χ4v) is 2.72. The highest BCUT2D eigenvalue weighted by atomic mass is 16.5. The molecule has 4 nitrogen and oxygen atoms in total. The van der Waals surface area contributed by atoms with Crippen molar-refractivity contribution in [2.24, 2.45) is 11.8 Å². The van der Waals surface area contributed by atoms with E-state index in [9.17, 15) is 4.79 Å². The van der Waals surface area contributed by atoms with Gasteiger partial charge < -0.3 is 9.84 Å². The molecule has 106 valence electrons. The average Bonchev–Trinajstić information content (AvgIpc) is 2.38. The monoisotopic (exact) mass is 257 g/mol. The minimum Gasteiger partial charge on any atom is -0.395 e. The van der Waals surface area contributed by atoms with Crippen molar-refractivity contribution in [3.8, 4) is 0 Å². The fourth-order valence-electron chi connectivity index (χ4n) is 2.72. The number of ketones is 1. The Kier molecular flexibility index (Phi) is 7.47. The van der Waals surface area contributed by atoms with Crippen LogP contribution in [0.5, 0.6) is 0 Å². The smallest absolute Gasteiger partial charge is 0.137 e. The molecule has 0 amide bonds. The van der Waals surface area contributed by atoms with E-state index in [0.29, 0.717) is 24.9 Å². The number of aliphatic hydroxyl groups is 1. The number of rotatable bonds is 8. The number of hydrogen-bond donors (Lipinski definition) is 1. The molecule has 1 fully saturated rings. The number of ether oxygens (including phenoxy) is 1. The van der Waals surface area contributed by atoms with E-state index in [1.54, 1.807) is 7.11 Å². The quantitative estimate of drug-likeness (QED) is 0.712. The zero-order chi connectivity index (χ0) is 13.4. The van der Waals surface area contributed by atoms with Crippen molar-refractivity contribution in [3.63, 3.8) is 0 Å². The molecule has 0 aromatic carbocycles. The summed E-state index contributed by atoms with van der Waals surface area (Å²) in [6.07, 6.45) is 3.98. The van der Waals surface area contributed by atoms with Crippen LogP contribution in [0, 0.1) is 11.8 Å². The standard InChI is InChI=1S/C14H27NO3/c1-3-12-4-5-14(17)13(10-12)11-15(6-8-16)7-9-18-2/h12-13,16H,3-11H2,1-2H3. The van der Waals surface area contributed by atoms with Crippen LogP contribution in [0.3, 0.4) is 0 Å². The number of carbonyl (C=O) groups is 1. The third-order valence-electron chi connectivity index (χ3n) is 3.96. The molecule has 1 N–H and O–H groups in total. The van der Waals surface area contributed by atoms with Gasteiger partial charge in [-0.3, -0.25) is 9.69 Å². The second kappa shape index (κ2) is 8.62. The van der Waals surface area contributed by atoms with E-state index in [4.69, 9.17) is 9.84 Å². The summed E-state index contributed by atoms with van der Waals surface area (Å²) >= 11 is 0. The van der Waals surface area contributed by atoms with E-state index in [1.165, 1.54) is 6.42 Å². The molecule has 0 spiro atoms. The predicted octanol–water partition coefficient (Wildman–Crippen LogP) is 1.32. The van der Waals surface area contributed by atoms with Gasteiger partial charge in [-0.25, -0.2) is 0 Å². The van der Waals surface area contributed by atoms with Crippen LogP contribution in [0.25, 0.3) is 0 Å². The lowest BCUT2D eigenvalue weighted by atomic mass is 9.79. The van der Waals surface area contributed by atoms with E-state index < -0.39 is 0 Å². The maximum absolute atomic E-state index is 11.9. The summed E-state index contributed by atoms with van der Waals surface area (Å²) in [4.78, 5) is 14.1. The Bertz CT molecular complexity index is 245. The van der Waals surface area contributed by atoms with Crippen molar-refractivity contribution in [2.75, 3.05) is 40.0 Å². The van der Waals surface area contributed by atoms with Gasteiger partial charge in [0.1, 0.15) is 5.78 Å². The minimum absolute atomic E-state index is 0.141. The van der Waals surface area contributed by atoms with Crippen molar-refractivity contribution < 1.29 is 14.6 Å². The van der Waals surface area contributed by atoms with Gasteiger partial charge in [-0.05, 0) is 18.8 Å². The summed E-state index contributed by atoms with van der Waals surface area (Å²) in [5, 5.41) is 9.06. The number of nitrogens with zero attached hydrogens (tertiary/aromatic N) is 1. The zero-order valence-electron chi connectivity index (χ0n) is 11.7. The van der Waals surface area contributed by atoms with Gasteiger partial charge in [-0.2, -0.15) is 0 Å². The first-order valence-corrected chi connectivity index (χ1v) is 7.06. The summed E-state index contributed by atoms with van der Waals surface area (Å²) in [5.74, 6) is 1.26. The van der Waals surface area contributed by atoms with Crippen LogP contribution in [0.2, 0.25) is 0 Å². The number of aliphatic hydroxyl groups excluding tert-OH is 1. The number of Topliss-reactive ketones (excluding diaryl/α,β-unsaturated/α-hetero) is 1. The molecule has 2 unspecified atom stereocenters. The fraction of sp³-hybridized carbons (Fsp3) is 0.929. The Hall–Kier alpha value is -0.450. The molecule has 0 radical (unpaired) electrons. The second-order valence-electron chi connectivity index (χ2n) is 5.23. The molecule has 0 heterocycles. The van der Waals surface area contributed by atoms with Gasteiger partial charge in [-0.1, -0.05) is 13.3 Å². The van der Waals surface area contributed by atoms with Gasteiger partial charge in [0.2, 0.25) is 0 Å². The van der Waals surface area contributed by atoms with Crippen LogP contribution in [0.15, 0.2) is 0 Å². The van der Waals surface area contributed by atoms with Crippen LogP contribution in [-0.4, -0.2) is 55.7 Å². The molecule has 18 heavy (non-hydrogen) atoms. The first-order chi connectivity index (χ1) is 8.71. The van der Waals surface area contributed by atoms with Gasteiger partial charge in [0.25, 0.3) is 0 Å². The third kappa shape index (κ3) is 5.04. The molecule has 1 aliphatic carbocycles. The Morgan fingerprint density at radius 1 is 1.44 bits per heavy atom. The molecule has 0 aromatic heterocycles. The zero-order valence-corrected chi connectivity index (χ0v) is 11.7. The lowest BCUT2D eigenvalue weighted by molar-refractivity contribution is -0.126. The van der Waals surface area contributed by atoms with Gasteiger partial charge in [0.05, 0.1) is 13.2 Å². The molecule has 1 aliphatic rings. The van der Waals surface area contributed by atoms with Gasteiger partial charge in [-0.15, -0.1) is 0 Å². The van der Waals surface area contributed by atoms with Gasteiger partial charge >= 0.3 is 0 Å². The third-order valence-corrected chi connectivity index (χ3v) is 3.96. The molecular formula is C14H27NO3. The number of carbonyl (C=O) groups excluding carboxylic acids is 1. The summed E-state index contributed by atoms with van der Waals surface area (Å²) in [7, 11) is 1.68. The van der Waals surface area contributed by atoms with E-state index >= 15 is 0 Å². The average molecular weight is 257 g/mol. The molecule has 0 aromatic rings. The molecular weight excluding hydrogens is 230 g/mol. The first-order valence-electron chi connectivity index (χ1n) is 7.06. The Morgan fingerprint density at radius 2 is 2.22 bits per heavy atom. The highest BCUT2D eigenvalue weighted by molar-refractivity contribution is 5.81. The summed E-state index contributed by atoms with van der Waals surface area (Å²) in [6, 6.07) is 0. The number of hydrogen-bond acceptors (Lipinski definition) is 4. The first kappa shape index (κ1) is 15.6. The van der Waals surface area contributed by atoms with E-state index in [0.717, 1.165) is 32.4 Å². The summed E-state index contributed by atoms with van der Waals surface area (Å²) in [6.45, 7) is 5.19. The SMILES string of the molecule is CCC1CCC(=O)C(CN(CCO)CCOC)C1. The predicted molar refractivity (Wildman–Crippen MR) is 71.5 cm³/mol. The van der Waals surface area contributed by atoms with E-state index in [1.807, 2.05) is 0 Å². The highest BCUT2D eigenvalue weighted by Gasteiger charge is 2.28. The van der Waals surface area contributed by atoms with E-state index in [-0.39, 0.29) is 12.5 Å². The lowest BCUT2D eigenvalue weighted by Crippen LogP contribution is -2.39. The van der Waals surface area contributed by atoms with Crippen molar-refractivity contribution in [2.45, 2.75) is 32.6 Å².